The monoisotopic (exact) mass is 343 g/mol. The Kier molecular flexibility index (Phi) is 4.14. The van der Waals surface area contributed by atoms with E-state index >= 15 is 0 Å². The summed E-state index contributed by atoms with van der Waals surface area (Å²) in [5.74, 6) is -0.0508. The zero-order chi connectivity index (χ0) is 16.5. The first-order valence-electron chi connectivity index (χ1n) is 8.49. The van der Waals surface area contributed by atoms with E-state index in [0.29, 0.717) is 13.1 Å². The summed E-state index contributed by atoms with van der Waals surface area (Å²) >= 11 is 1.62. The maximum atomic E-state index is 13.0. The first-order chi connectivity index (χ1) is 11.7. The smallest absolute Gasteiger partial charge is 0.249 e. The third-order valence-electron chi connectivity index (χ3n) is 4.94. The second-order valence-corrected chi connectivity index (χ2v) is 7.59. The number of hydrogen-bond acceptors (Lipinski definition) is 3. The second kappa shape index (κ2) is 6.43. The van der Waals surface area contributed by atoms with Gasteiger partial charge in [0.25, 0.3) is 0 Å². The lowest BCUT2D eigenvalue weighted by Crippen LogP contribution is -2.50. The van der Waals surface area contributed by atoms with Crippen LogP contribution in [0.25, 0.3) is 0 Å². The van der Waals surface area contributed by atoms with Gasteiger partial charge in [0.1, 0.15) is 6.54 Å². The van der Waals surface area contributed by atoms with E-state index in [4.69, 9.17) is 0 Å². The average Bonchev–Trinajstić information content (AvgIpc) is 3.29. The number of thiophene rings is 1. The molecule has 5 nitrogen and oxygen atoms in total. The van der Waals surface area contributed by atoms with Crippen LogP contribution < -0.4 is 5.32 Å². The van der Waals surface area contributed by atoms with E-state index in [-0.39, 0.29) is 17.9 Å². The molecule has 0 spiro atoms. The van der Waals surface area contributed by atoms with Crippen molar-refractivity contribution in [3.8, 4) is 0 Å². The summed E-state index contributed by atoms with van der Waals surface area (Å²) in [6, 6.07) is 7.56. The number of hydrogen-bond donors (Lipinski definition) is 1. The van der Waals surface area contributed by atoms with E-state index in [1.165, 1.54) is 12.8 Å². The van der Waals surface area contributed by atoms with E-state index in [0.717, 1.165) is 23.4 Å². The Morgan fingerprint density at radius 3 is 2.83 bits per heavy atom. The predicted octanol–water partition coefficient (Wildman–Crippen LogP) is 2.69. The third kappa shape index (κ3) is 2.86. The molecule has 1 aliphatic carbocycles. The lowest BCUT2D eigenvalue weighted by Gasteiger charge is -2.36. The van der Waals surface area contributed by atoms with Crippen molar-refractivity contribution < 1.29 is 9.59 Å². The fourth-order valence-corrected chi connectivity index (χ4v) is 4.44. The van der Waals surface area contributed by atoms with E-state index in [2.05, 4.69) is 5.32 Å². The van der Waals surface area contributed by atoms with Crippen LogP contribution in [-0.2, 0) is 22.7 Å². The first kappa shape index (κ1) is 15.4. The highest BCUT2D eigenvalue weighted by atomic mass is 32.1. The van der Waals surface area contributed by atoms with Crippen LogP contribution in [-0.4, -0.2) is 27.3 Å². The van der Waals surface area contributed by atoms with E-state index in [1.54, 1.807) is 16.2 Å². The molecule has 3 heterocycles. The Morgan fingerprint density at radius 1 is 1.25 bits per heavy atom. The fraction of sp³-hybridized carbons (Fsp3) is 0.444. The molecule has 0 radical (unpaired) electrons. The standard InChI is InChI=1S/C18H21N3O2S/c22-16-12-20-9-3-8-15(20)17(18(23)19-13-5-1-2-6-13)21(16)11-14-7-4-10-24-14/h3-4,7-10,13,17H,1-2,5-6,11-12H2,(H,19,23). The molecule has 1 atom stereocenters. The molecule has 4 rings (SSSR count). The second-order valence-electron chi connectivity index (χ2n) is 6.55. The van der Waals surface area contributed by atoms with Crippen LogP contribution in [0.1, 0.15) is 42.3 Å². The molecule has 1 fully saturated rings. The number of carbonyl (C=O) groups excluding carboxylic acids is 2. The van der Waals surface area contributed by atoms with Crippen molar-refractivity contribution in [2.45, 2.75) is 50.9 Å². The Balaban J connectivity index is 1.62. The van der Waals surface area contributed by atoms with Gasteiger partial charge in [0.15, 0.2) is 6.04 Å². The van der Waals surface area contributed by atoms with E-state index in [9.17, 15) is 9.59 Å². The van der Waals surface area contributed by atoms with E-state index < -0.39 is 6.04 Å². The molecule has 2 aromatic heterocycles. The van der Waals surface area contributed by atoms with Crippen molar-refractivity contribution in [2.75, 3.05) is 0 Å². The zero-order valence-corrected chi connectivity index (χ0v) is 14.3. The summed E-state index contributed by atoms with van der Waals surface area (Å²) < 4.78 is 1.89. The van der Waals surface area contributed by atoms with Gasteiger partial charge in [-0.3, -0.25) is 9.59 Å². The van der Waals surface area contributed by atoms with Gasteiger partial charge < -0.3 is 14.8 Å². The van der Waals surface area contributed by atoms with Crippen LogP contribution in [0.4, 0.5) is 0 Å². The van der Waals surface area contributed by atoms with Gasteiger partial charge in [-0.15, -0.1) is 11.3 Å². The molecule has 2 aliphatic rings. The fourth-order valence-electron chi connectivity index (χ4n) is 3.74. The maximum Gasteiger partial charge on any atom is 0.249 e. The largest absolute Gasteiger partial charge is 0.351 e. The van der Waals surface area contributed by atoms with Crippen molar-refractivity contribution in [1.82, 2.24) is 14.8 Å². The first-order valence-corrected chi connectivity index (χ1v) is 9.37. The van der Waals surface area contributed by atoms with Crippen molar-refractivity contribution in [2.24, 2.45) is 0 Å². The molecule has 126 valence electrons. The molecule has 1 aliphatic heterocycles. The molecule has 1 unspecified atom stereocenters. The Morgan fingerprint density at radius 2 is 2.08 bits per heavy atom. The van der Waals surface area contributed by atoms with Gasteiger partial charge in [0.2, 0.25) is 11.8 Å². The number of rotatable bonds is 4. The van der Waals surface area contributed by atoms with Crippen LogP contribution in [0.2, 0.25) is 0 Å². The molecule has 0 bridgehead atoms. The maximum absolute atomic E-state index is 13.0. The average molecular weight is 343 g/mol. The lowest BCUT2D eigenvalue weighted by molar-refractivity contribution is -0.144. The molecular weight excluding hydrogens is 322 g/mol. The number of aromatic nitrogens is 1. The Hall–Kier alpha value is -2.08. The highest BCUT2D eigenvalue weighted by molar-refractivity contribution is 7.09. The molecule has 2 aromatic rings. The van der Waals surface area contributed by atoms with Gasteiger partial charge in [-0.05, 0) is 36.4 Å². The van der Waals surface area contributed by atoms with Crippen molar-refractivity contribution >= 4 is 23.2 Å². The van der Waals surface area contributed by atoms with Gasteiger partial charge in [-0.2, -0.15) is 0 Å². The van der Waals surface area contributed by atoms with Gasteiger partial charge >= 0.3 is 0 Å². The van der Waals surface area contributed by atoms with Crippen LogP contribution >= 0.6 is 11.3 Å². The van der Waals surface area contributed by atoms with Gasteiger partial charge in [0, 0.05) is 17.1 Å². The summed E-state index contributed by atoms with van der Waals surface area (Å²) in [6.07, 6.45) is 6.30. The summed E-state index contributed by atoms with van der Waals surface area (Å²) in [4.78, 5) is 28.5. The molecule has 24 heavy (non-hydrogen) atoms. The number of nitrogens with zero attached hydrogens (tertiary/aromatic N) is 2. The molecule has 6 heteroatoms. The third-order valence-corrected chi connectivity index (χ3v) is 5.80. The normalized spacial score (nSPS) is 21.1. The van der Waals surface area contributed by atoms with Crippen LogP contribution in [0.15, 0.2) is 35.8 Å². The number of carbonyl (C=O) groups is 2. The SMILES string of the molecule is O=C(NC1CCCC1)C1c2cccn2CC(=O)N1Cc1cccs1. The van der Waals surface area contributed by atoms with Crippen LogP contribution in [0.3, 0.4) is 0 Å². The highest BCUT2D eigenvalue weighted by Gasteiger charge is 2.38. The Bertz CT molecular complexity index is 731. The summed E-state index contributed by atoms with van der Waals surface area (Å²) in [5, 5.41) is 5.17. The molecule has 1 N–H and O–H groups in total. The zero-order valence-electron chi connectivity index (χ0n) is 13.5. The molecular formula is C18H21N3O2S. The van der Waals surface area contributed by atoms with Gasteiger partial charge in [0.05, 0.1) is 12.2 Å². The Labute approximate surface area is 145 Å². The van der Waals surface area contributed by atoms with Crippen molar-refractivity contribution in [1.29, 1.82) is 0 Å². The lowest BCUT2D eigenvalue weighted by atomic mass is 10.1. The summed E-state index contributed by atoms with van der Waals surface area (Å²) in [7, 11) is 0. The molecule has 2 amide bonds. The van der Waals surface area contributed by atoms with Gasteiger partial charge in [-0.25, -0.2) is 0 Å². The number of amides is 2. The topological polar surface area (TPSA) is 54.3 Å². The highest BCUT2D eigenvalue weighted by Crippen LogP contribution is 2.30. The molecule has 0 saturated heterocycles. The van der Waals surface area contributed by atoms with Crippen molar-refractivity contribution in [3.05, 3.63) is 46.4 Å². The number of fused-ring (bicyclic) bond motifs is 1. The van der Waals surface area contributed by atoms with Crippen LogP contribution in [0, 0.1) is 0 Å². The molecule has 0 aromatic carbocycles. The van der Waals surface area contributed by atoms with Gasteiger partial charge in [-0.1, -0.05) is 18.9 Å². The van der Waals surface area contributed by atoms with Crippen molar-refractivity contribution in [3.63, 3.8) is 0 Å². The summed E-state index contributed by atoms with van der Waals surface area (Å²) in [6.45, 7) is 0.797. The summed E-state index contributed by atoms with van der Waals surface area (Å²) in [5.41, 5.74) is 0.904. The molecule has 1 saturated carbocycles. The quantitative estimate of drug-likeness (QED) is 0.928. The van der Waals surface area contributed by atoms with E-state index in [1.807, 2.05) is 40.4 Å². The number of nitrogens with one attached hydrogen (secondary N) is 1. The predicted molar refractivity (Wildman–Crippen MR) is 92.4 cm³/mol. The minimum absolute atomic E-state index is 0.00123. The van der Waals surface area contributed by atoms with Crippen LogP contribution in [0.5, 0.6) is 0 Å². The minimum atomic E-state index is -0.538. The minimum Gasteiger partial charge on any atom is -0.351 e.